The first kappa shape index (κ1) is 32.6. The Morgan fingerprint density at radius 1 is 0.717 bits per heavy atom. The summed E-state index contributed by atoms with van der Waals surface area (Å²) in [6.45, 7) is -0.763. The Labute approximate surface area is 260 Å². The molecule has 0 unspecified atom stereocenters. The zero-order valence-corrected chi connectivity index (χ0v) is 25.9. The zero-order chi connectivity index (χ0) is 33.8. The van der Waals surface area contributed by atoms with Crippen LogP contribution in [0.1, 0.15) is 5.56 Å². The maximum Gasteiger partial charge on any atom is 0.295 e. The number of hydrogen-bond donors (Lipinski definition) is 5. The van der Waals surface area contributed by atoms with Crippen molar-refractivity contribution in [3.63, 3.8) is 0 Å². The molecule has 5 aromatic rings. The third-order valence-corrected chi connectivity index (χ3v) is 9.53. The number of carbonyl (C=O) groups excluding carboxylic acids is 1. The molecule has 0 spiro atoms. The van der Waals surface area contributed by atoms with E-state index in [1.54, 1.807) is 0 Å². The normalized spacial score (nSPS) is 12.7. The molecule has 0 bridgehead atoms. The molecule has 0 aliphatic heterocycles. The number of carbonyl (C=O) groups is 1. The second-order valence-electron chi connectivity index (χ2n) is 9.60. The molecule has 0 atom stereocenters. The third-order valence-electron chi connectivity index (χ3n) is 6.84. The number of aromatic hydroxyl groups is 1. The van der Waals surface area contributed by atoms with Crippen molar-refractivity contribution in [2.75, 3.05) is 20.8 Å². The van der Waals surface area contributed by atoms with E-state index in [1.165, 1.54) is 44.7 Å². The number of phenols is 1. The van der Waals surface area contributed by atoms with Crippen LogP contribution < -0.4 is 19.6 Å². The van der Waals surface area contributed by atoms with Crippen LogP contribution in [0.2, 0.25) is 0 Å². The first-order valence-electron chi connectivity index (χ1n) is 12.6. The predicted octanol–water partition coefficient (Wildman–Crippen LogP) is 2.58. The van der Waals surface area contributed by atoms with Gasteiger partial charge < -0.3 is 19.3 Å². The van der Waals surface area contributed by atoms with Gasteiger partial charge in [0, 0.05) is 43.9 Å². The van der Waals surface area contributed by atoms with Crippen molar-refractivity contribution in [2.45, 2.75) is 14.7 Å². The van der Waals surface area contributed by atoms with E-state index in [4.69, 9.17) is 14.2 Å². The lowest BCUT2D eigenvalue weighted by atomic mass is 9.93. The molecule has 0 aliphatic carbocycles. The highest BCUT2D eigenvalue weighted by Gasteiger charge is 2.28. The lowest BCUT2D eigenvalue weighted by molar-refractivity contribution is -0.123. The topological polar surface area (TPSA) is 252 Å². The molecule has 1 amide bonds. The average Bonchev–Trinajstić information content (AvgIpc) is 2.97. The van der Waals surface area contributed by atoms with Crippen molar-refractivity contribution in [3.05, 3.63) is 54.1 Å². The van der Waals surface area contributed by atoms with E-state index >= 15 is 0 Å². The molecule has 16 nitrogen and oxygen atoms in total. The van der Waals surface area contributed by atoms with Crippen LogP contribution in [0.4, 0.5) is 0 Å². The number of hydrazone groups is 1. The quantitative estimate of drug-likeness (QED) is 0.0610. The predicted molar refractivity (Wildman–Crippen MR) is 162 cm³/mol. The molecule has 0 aliphatic rings. The standard InChI is InChI=1S/C27H22N2O14S3/c1-41-19-7-13(8-20(42-2)27(19)31)11-28-29-24(30)12-43-18-9-21(44(32,33)34)15-5-6-17-23(46(38,39)40)10-22(45(35,36)37)16-4-3-14(18)25(15)26(16)17/h3-11,31H,12H2,1-2H3,(H,29,30)(H,32,33,34)(H,35,36,37)(H,38,39,40)/b28-11+. The van der Waals surface area contributed by atoms with E-state index in [0.717, 1.165) is 18.2 Å². The van der Waals surface area contributed by atoms with Gasteiger partial charge in [0.05, 0.1) is 20.4 Å². The smallest absolute Gasteiger partial charge is 0.295 e. The molecule has 5 rings (SSSR count). The molecule has 0 heterocycles. The minimum absolute atomic E-state index is 0.0499. The van der Waals surface area contributed by atoms with E-state index in [2.05, 4.69) is 10.5 Å². The SMILES string of the molecule is COc1cc(/C=N/NC(=O)COc2cc(S(=O)(=O)O)c3ccc4c(S(=O)(=O)O)cc(S(=O)(=O)O)c5ccc2c3c54)cc(OC)c1O. The summed E-state index contributed by atoms with van der Waals surface area (Å²) in [5.74, 6) is -1.23. The number of ether oxygens (including phenoxy) is 3. The Bertz CT molecular complexity index is 2350. The molecule has 5 N–H and O–H groups in total. The fraction of sp³-hybridized carbons (Fsp3) is 0.111. The summed E-state index contributed by atoms with van der Waals surface area (Å²) in [6, 6.07) is 8.98. The van der Waals surface area contributed by atoms with Gasteiger partial charge in [-0.3, -0.25) is 18.5 Å². The van der Waals surface area contributed by atoms with Crippen LogP contribution in [0.15, 0.2) is 68.3 Å². The van der Waals surface area contributed by atoms with Gasteiger partial charge in [-0.2, -0.15) is 30.4 Å². The fourth-order valence-electron chi connectivity index (χ4n) is 4.97. The highest BCUT2D eigenvalue weighted by atomic mass is 32.2. The van der Waals surface area contributed by atoms with E-state index < -0.39 is 57.6 Å². The number of methoxy groups -OCH3 is 2. The summed E-state index contributed by atoms with van der Waals surface area (Å²) in [5.41, 5.74) is 2.55. The van der Waals surface area contributed by atoms with Crippen LogP contribution in [0.25, 0.3) is 32.3 Å². The molecule has 0 aromatic heterocycles. The van der Waals surface area contributed by atoms with Gasteiger partial charge in [0.1, 0.15) is 20.4 Å². The van der Waals surface area contributed by atoms with Crippen LogP contribution in [-0.2, 0) is 35.1 Å². The molecule has 46 heavy (non-hydrogen) atoms. The van der Waals surface area contributed by atoms with Crippen molar-refractivity contribution in [2.24, 2.45) is 5.10 Å². The molecular weight excluding hydrogens is 672 g/mol. The summed E-state index contributed by atoms with van der Waals surface area (Å²) in [6.07, 6.45) is 1.20. The van der Waals surface area contributed by atoms with Gasteiger partial charge in [-0.15, -0.1) is 0 Å². The van der Waals surface area contributed by atoms with Crippen LogP contribution in [0.3, 0.4) is 0 Å². The average molecular weight is 695 g/mol. The Kier molecular flexibility index (Phi) is 8.17. The highest BCUT2D eigenvalue weighted by Crippen LogP contribution is 2.45. The maximum absolute atomic E-state index is 12.6. The molecule has 0 saturated heterocycles. The van der Waals surface area contributed by atoms with Gasteiger partial charge in [-0.25, -0.2) is 5.43 Å². The summed E-state index contributed by atoms with van der Waals surface area (Å²) in [4.78, 5) is 10.0. The van der Waals surface area contributed by atoms with Crippen molar-refractivity contribution < 1.29 is 63.0 Å². The van der Waals surface area contributed by atoms with Crippen molar-refractivity contribution in [3.8, 4) is 23.0 Å². The highest BCUT2D eigenvalue weighted by molar-refractivity contribution is 7.87. The minimum Gasteiger partial charge on any atom is -0.502 e. The number of nitrogens with zero attached hydrogens (tertiary/aromatic N) is 1. The monoisotopic (exact) mass is 694 g/mol. The van der Waals surface area contributed by atoms with Gasteiger partial charge >= 0.3 is 0 Å². The fourth-order valence-corrected chi connectivity index (χ4v) is 7.18. The minimum atomic E-state index is -5.09. The number of benzene rings is 5. The largest absolute Gasteiger partial charge is 0.502 e. The number of hydrogen-bond acceptors (Lipinski definition) is 12. The maximum atomic E-state index is 12.6. The van der Waals surface area contributed by atoms with Crippen LogP contribution in [0.5, 0.6) is 23.0 Å². The number of nitrogens with one attached hydrogen (secondary N) is 1. The van der Waals surface area contributed by atoms with E-state index in [-0.39, 0.29) is 55.3 Å². The third kappa shape index (κ3) is 5.94. The summed E-state index contributed by atoms with van der Waals surface area (Å²) >= 11 is 0. The molecule has 0 saturated carbocycles. The lowest BCUT2D eigenvalue weighted by Crippen LogP contribution is -2.24. The van der Waals surface area contributed by atoms with Crippen molar-refractivity contribution in [1.29, 1.82) is 0 Å². The second-order valence-corrected chi connectivity index (χ2v) is 13.8. The lowest BCUT2D eigenvalue weighted by Gasteiger charge is -2.18. The Morgan fingerprint density at radius 3 is 1.61 bits per heavy atom. The van der Waals surface area contributed by atoms with Gasteiger partial charge in [-0.05, 0) is 24.3 Å². The zero-order valence-electron chi connectivity index (χ0n) is 23.4. The number of amides is 1. The first-order chi connectivity index (χ1) is 21.5. The van der Waals surface area contributed by atoms with Crippen molar-refractivity contribution in [1.82, 2.24) is 5.43 Å². The van der Waals surface area contributed by atoms with Gasteiger partial charge in [0.15, 0.2) is 18.1 Å². The second kappa shape index (κ2) is 11.5. The van der Waals surface area contributed by atoms with E-state index in [0.29, 0.717) is 11.6 Å². The summed E-state index contributed by atoms with van der Waals surface area (Å²) in [7, 11) is -12.5. The van der Waals surface area contributed by atoms with Crippen molar-refractivity contribution >= 4 is 74.8 Å². The van der Waals surface area contributed by atoms with Crippen LogP contribution in [-0.4, -0.2) is 77.0 Å². The Balaban J connectivity index is 1.59. The molecule has 242 valence electrons. The van der Waals surface area contributed by atoms with Crippen LogP contribution >= 0.6 is 0 Å². The summed E-state index contributed by atoms with van der Waals surface area (Å²) in [5, 5.41) is 12.9. The van der Waals surface area contributed by atoms with E-state index in [1.807, 2.05) is 0 Å². The molecule has 0 fully saturated rings. The Hall–Kier alpha value is -4.79. The molecule has 19 heteroatoms. The first-order valence-corrected chi connectivity index (χ1v) is 16.9. The van der Waals surface area contributed by atoms with Gasteiger partial charge in [0.2, 0.25) is 5.75 Å². The number of rotatable bonds is 10. The van der Waals surface area contributed by atoms with E-state index in [9.17, 15) is 48.8 Å². The molecular formula is C27H22N2O14S3. The molecule has 5 aromatic carbocycles. The van der Waals surface area contributed by atoms with Gasteiger partial charge in [0.25, 0.3) is 36.3 Å². The molecule has 0 radical (unpaired) electrons. The number of phenolic OH excluding ortho intramolecular Hbond substituents is 1. The summed E-state index contributed by atoms with van der Waals surface area (Å²) < 4.78 is 119. The van der Waals surface area contributed by atoms with Crippen LogP contribution in [0, 0.1) is 0 Å². The van der Waals surface area contributed by atoms with Gasteiger partial charge in [-0.1, -0.05) is 18.2 Å². The Morgan fingerprint density at radius 2 is 1.15 bits per heavy atom.